The van der Waals surface area contributed by atoms with Gasteiger partial charge in [0.25, 0.3) is 0 Å². The van der Waals surface area contributed by atoms with Gasteiger partial charge in [-0.05, 0) is 44.4 Å². The Bertz CT molecular complexity index is 536. The molecule has 152 valence electrons. The van der Waals surface area contributed by atoms with Crippen LogP contribution in [0.5, 0.6) is 11.5 Å². The molecule has 0 spiro atoms. The van der Waals surface area contributed by atoms with Gasteiger partial charge in [-0.1, -0.05) is 64.5 Å². The van der Waals surface area contributed by atoms with Gasteiger partial charge >= 0.3 is 0 Å². The summed E-state index contributed by atoms with van der Waals surface area (Å²) in [6, 6.07) is 5.41. The summed E-state index contributed by atoms with van der Waals surface area (Å²) in [5, 5.41) is 0. The van der Waals surface area contributed by atoms with Gasteiger partial charge in [-0.15, -0.1) is 0 Å². The van der Waals surface area contributed by atoms with Gasteiger partial charge in [0.2, 0.25) is 0 Å². The molecule has 1 rings (SSSR count). The summed E-state index contributed by atoms with van der Waals surface area (Å²) in [4.78, 5) is 11.0. The van der Waals surface area contributed by atoms with Crippen LogP contribution in [0.2, 0.25) is 0 Å². The predicted octanol–water partition coefficient (Wildman–Crippen LogP) is 7.14. The van der Waals surface area contributed by atoms with Crippen molar-refractivity contribution in [3.63, 3.8) is 0 Å². The van der Waals surface area contributed by atoms with E-state index < -0.39 is 0 Å². The zero-order valence-corrected chi connectivity index (χ0v) is 17.5. The fraction of sp³-hybridized carbons (Fsp3) is 0.625. The third-order valence-electron chi connectivity index (χ3n) is 4.63. The van der Waals surface area contributed by atoms with Gasteiger partial charge in [0, 0.05) is 12.0 Å². The van der Waals surface area contributed by atoms with E-state index in [1.807, 2.05) is 13.0 Å². The van der Waals surface area contributed by atoms with E-state index in [1.54, 1.807) is 12.1 Å². The van der Waals surface area contributed by atoms with Crippen LogP contribution in [0.4, 0.5) is 0 Å². The van der Waals surface area contributed by atoms with E-state index in [0.29, 0.717) is 17.9 Å². The van der Waals surface area contributed by atoms with Crippen LogP contribution in [0.3, 0.4) is 0 Å². The van der Waals surface area contributed by atoms with Crippen molar-refractivity contribution in [1.29, 1.82) is 0 Å². The number of hydrogen-bond donors (Lipinski definition) is 0. The number of carbonyl (C=O) groups is 1. The Morgan fingerprint density at radius 2 is 1.67 bits per heavy atom. The van der Waals surface area contributed by atoms with Crippen LogP contribution in [-0.4, -0.2) is 19.0 Å². The van der Waals surface area contributed by atoms with Crippen molar-refractivity contribution in [2.24, 2.45) is 0 Å². The van der Waals surface area contributed by atoms with Crippen LogP contribution in [0, 0.1) is 0 Å². The zero-order chi connectivity index (χ0) is 19.7. The van der Waals surface area contributed by atoms with E-state index in [1.165, 1.54) is 44.9 Å². The first-order valence-corrected chi connectivity index (χ1v) is 10.8. The Morgan fingerprint density at radius 1 is 0.926 bits per heavy atom. The lowest BCUT2D eigenvalue weighted by molar-refractivity contribution is 0.112. The molecule has 1 atom stereocenters. The molecule has 0 radical (unpaired) electrons. The highest BCUT2D eigenvalue weighted by Gasteiger charge is 2.13. The second kappa shape index (κ2) is 15.3. The van der Waals surface area contributed by atoms with Gasteiger partial charge < -0.3 is 9.47 Å². The SMILES string of the molecule is CCC=CCC(CCCCCCCCC)Oc1ccc(C=O)cc1OCC. The molecule has 3 heteroatoms. The third-order valence-corrected chi connectivity index (χ3v) is 4.63. The van der Waals surface area contributed by atoms with Crippen molar-refractivity contribution in [1.82, 2.24) is 0 Å². The van der Waals surface area contributed by atoms with E-state index in [2.05, 4.69) is 26.0 Å². The molecule has 0 N–H and O–H groups in total. The molecule has 27 heavy (non-hydrogen) atoms. The predicted molar refractivity (Wildman–Crippen MR) is 114 cm³/mol. The van der Waals surface area contributed by atoms with E-state index in [9.17, 15) is 4.79 Å². The maximum absolute atomic E-state index is 11.0. The fourth-order valence-corrected chi connectivity index (χ4v) is 3.11. The first-order chi connectivity index (χ1) is 13.2. The van der Waals surface area contributed by atoms with Crippen LogP contribution < -0.4 is 9.47 Å². The summed E-state index contributed by atoms with van der Waals surface area (Å²) in [5.74, 6) is 1.39. The topological polar surface area (TPSA) is 35.5 Å². The molecule has 0 saturated carbocycles. The molecule has 0 fully saturated rings. The van der Waals surface area contributed by atoms with Crippen LogP contribution in [0.1, 0.15) is 95.3 Å². The molecule has 0 aliphatic carbocycles. The molecule has 3 nitrogen and oxygen atoms in total. The number of allylic oxidation sites excluding steroid dienone is 1. The molecule has 1 aromatic carbocycles. The van der Waals surface area contributed by atoms with Gasteiger partial charge in [0.15, 0.2) is 11.5 Å². The van der Waals surface area contributed by atoms with Crippen molar-refractivity contribution in [2.45, 2.75) is 91.1 Å². The maximum Gasteiger partial charge on any atom is 0.161 e. The van der Waals surface area contributed by atoms with Crippen molar-refractivity contribution in [2.75, 3.05) is 6.61 Å². The summed E-state index contributed by atoms with van der Waals surface area (Å²) >= 11 is 0. The van der Waals surface area contributed by atoms with Gasteiger partial charge in [0.1, 0.15) is 12.4 Å². The number of aldehydes is 1. The molecular weight excluding hydrogens is 336 g/mol. The number of unbranched alkanes of at least 4 members (excludes halogenated alkanes) is 6. The van der Waals surface area contributed by atoms with Crippen LogP contribution >= 0.6 is 0 Å². The van der Waals surface area contributed by atoms with Crippen molar-refractivity contribution >= 4 is 6.29 Å². The average molecular weight is 375 g/mol. The van der Waals surface area contributed by atoms with Crippen molar-refractivity contribution in [3.8, 4) is 11.5 Å². The number of hydrogen-bond acceptors (Lipinski definition) is 3. The van der Waals surface area contributed by atoms with E-state index in [-0.39, 0.29) is 6.10 Å². The Labute approximate surface area is 166 Å². The van der Waals surface area contributed by atoms with E-state index in [0.717, 1.165) is 31.3 Å². The van der Waals surface area contributed by atoms with Crippen LogP contribution in [0.25, 0.3) is 0 Å². The minimum Gasteiger partial charge on any atom is -0.490 e. The molecule has 0 saturated heterocycles. The Hall–Kier alpha value is -1.77. The molecule has 0 aliphatic rings. The molecule has 1 unspecified atom stereocenters. The van der Waals surface area contributed by atoms with E-state index in [4.69, 9.17) is 9.47 Å². The van der Waals surface area contributed by atoms with Crippen LogP contribution in [0.15, 0.2) is 30.4 Å². The summed E-state index contributed by atoms with van der Waals surface area (Å²) in [5.41, 5.74) is 0.611. The third kappa shape index (κ3) is 10.2. The van der Waals surface area contributed by atoms with Crippen molar-refractivity contribution in [3.05, 3.63) is 35.9 Å². The largest absolute Gasteiger partial charge is 0.490 e. The summed E-state index contributed by atoms with van der Waals surface area (Å²) < 4.78 is 12.0. The van der Waals surface area contributed by atoms with Gasteiger partial charge in [-0.3, -0.25) is 4.79 Å². The van der Waals surface area contributed by atoms with Gasteiger partial charge in [0.05, 0.1) is 6.61 Å². The van der Waals surface area contributed by atoms with Crippen LogP contribution in [-0.2, 0) is 0 Å². The number of rotatable bonds is 16. The molecular formula is C24H38O3. The second-order valence-electron chi connectivity index (χ2n) is 7.02. The Morgan fingerprint density at radius 3 is 2.33 bits per heavy atom. The smallest absolute Gasteiger partial charge is 0.161 e. The van der Waals surface area contributed by atoms with Gasteiger partial charge in [-0.2, -0.15) is 0 Å². The highest BCUT2D eigenvalue weighted by Crippen LogP contribution is 2.30. The Balaban J connectivity index is 2.62. The number of ether oxygens (including phenoxy) is 2. The number of benzene rings is 1. The minimum absolute atomic E-state index is 0.143. The quantitative estimate of drug-likeness (QED) is 0.175. The minimum atomic E-state index is 0.143. The normalized spacial score (nSPS) is 12.3. The zero-order valence-electron chi connectivity index (χ0n) is 17.5. The van der Waals surface area contributed by atoms with Crippen molar-refractivity contribution < 1.29 is 14.3 Å². The van der Waals surface area contributed by atoms with Gasteiger partial charge in [-0.25, -0.2) is 0 Å². The second-order valence-corrected chi connectivity index (χ2v) is 7.02. The summed E-state index contributed by atoms with van der Waals surface area (Å²) in [7, 11) is 0. The molecule has 0 amide bonds. The maximum atomic E-state index is 11.0. The summed E-state index contributed by atoms with van der Waals surface area (Å²) in [6.45, 7) is 6.89. The molecule has 0 aromatic heterocycles. The van der Waals surface area contributed by atoms with E-state index >= 15 is 0 Å². The lowest BCUT2D eigenvalue weighted by Crippen LogP contribution is -2.16. The molecule has 0 heterocycles. The summed E-state index contributed by atoms with van der Waals surface area (Å²) in [6.07, 6.45) is 17.5. The molecule has 1 aromatic rings. The highest BCUT2D eigenvalue weighted by atomic mass is 16.5. The molecule has 0 bridgehead atoms. The molecule has 0 aliphatic heterocycles. The average Bonchev–Trinajstić information content (AvgIpc) is 2.68. The monoisotopic (exact) mass is 374 g/mol. The Kier molecular flexibility index (Phi) is 13.2. The highest BCUT2D eigenvalue weighted by molar-refractivity contribution is 5.76. The first-order valence-electron chi connectivity index (χ1n) is 10.8. The fourth-order valence-electron chi connectivity index (χ4n) is 3.11. The lowest BCUT2D eigenvalue weighted by Gasteiger charge is -2.20. The first kappa shape index (κ1) is 23.3. The number of carbonyl (C=O) groups excluding carboxylic acids is 1. The lowest BCUT2D eigenvalue weighted by atomic mass is 10.0. The standard InChI is InChI=1S/C24H38O3/c1-4-7-9-10-11-12-14-16-22(15-13-8-5-2)27-23-18-17-21(20-25)19-24(23)26-6-3/h8,13,17-20,22H,4-7,9-12,14-16H2,1-3H3.